The fraction of sp³-hybridized carbons (Fsp3) is 0.409. The number of carbonyl (C=O) groups excluding carboxylic acids is 1. The molecule has 3 N–H and O–H groups in total. The molecule has 1 aliphatic carbocycles. The molecule has 0 radical (unpaired) electrons. The van der Waals surface area contributed by atoms with Gasteiger partial charge in [-0.25, -0.2) is 4.98 Å². The van der Waals surface area contributed by atoms with Crippen molar-refractivity contribution >= 4 is 23.4 Å². The number of rotatable bonds is 4. The summed E-state index contributed by atoms with van der Waals surface area (Å²) in [4.78, 5) is 33.8. The number of allylic oxidation sites excluding steroid dienone is 2. The molecule has 2 aromatic rings. The van der Waals surface area contributed by atoms with Crippen molar-refractivity contribution in [1.29, 1.82) is 0 Å². The zero-order valence-electron chi connectivity index (χ0n) is 18.1. The summed E-state index contributed by atoms with van der Waals surface area (Å²) in [5.41, 5.74) is 1.76. The van der Waals surface area contributed by atoms with Crippen molar-refractivity contribution in [3.05, 3.63) is 44.9 Å². The number of thioether (sulfide) groups is 1. The highest BCUT2D eigenvalue weighted by atomic mass is 32.2. The Morgan fingerprint density at radius 2 is 1.81 bits per heavy atom. The van der Waals surface area contributed by atoms with Gasteiger partial charge in [-0.05, 0) is 35.8 Å². The van der Waals surface area contributed by atoms with Crippen molar-refractivity contribution in [2.24, 2.45) is 5.41 Å². The molecule has 1 aromatic heterocycles. The fourth-order valence-corrected chi connectivity index (χ4v) is 4.78. The standard InChI is InChI=1S/C22H25N3O5S/c1-22(2)8-11-16(12(26)9-22)15(10-6-13(29-3)18(27)14(7-10)30-4)17-19(23-11)24-21(31-5)25-20(17)28/h6-7,15,27H,8-9H2,1-5H3,(H2,23,24,25,28). The van der Waals surface area contributed by atoms with Crippen LogP contribution in [-0.4, -0.2) is 41.3 Å². The normalized spacial score (nSPS) is 19.4. The summed E-state index contributed by atoms with van der Waals surface area (Å²) in [5, 5.41) is 14.1. The smallest absolute Gasteiger partial charge is 0.257 e. The van der Waals surface area contributed by atoms with Crippen molar-refractivity contribution in [3.63, 3.8) is 0 Å². The van der Waals surface area contributed by atoms with Gasteiger partial charge in [-0.15, -0.1) is 0 Å². The van der Waals surface area contributed by atoms with Crippen LogP contribution in [0.5, 0.6) is 17.2 Å². The number of ether oxygens (including phenoxy) is 2. The van der Waals surface area contributed by atoms with Gasteiger partial charge in [0.15, 0.2) is 22.4 Å². The number of aromatic amines is 1. The lowest BCUT2D eigenvalue weighted by molar-refractivity contribution is -0.118. The van der Waals surface area contributed by atoms with Crippen LogP contribution in [0.25, 0.3) is 0 Å². The first kappa shape index (κ1) is 21.3. The molecule has 2 heterocycles. The first-order valence-electron chi connectivity index (χ1n) is 9.85. The highest BCUT2D eigenvalue weighted by Gasteiger charge is 2.42. The largest absolute Gasteiger partial charge is 0.502 e. The van der Waals surface area contributed by atoms with Crippen molar-refractivity contribution in [1.82, 2.24) is 9.97 Å². The topological polar surface area (TPSA) is 114 Å². The Bertz CT molecular complexity index is 1140. The number of anilines is 1. The van der Waals surface area contributed by atoms with Gasteiger partial charge in [0.05, 0.1) is 19.8 Å². The van der Waals surface area contributed by atoms with E-state index in [1.165, 1.54) is 26.0 Å². The molecule has 1 aromatic carbocycles. The Kier molecular flexibility index (Phi) is 5.25. The molecule has 0 saturated carbocycles. The lowest BCUT2D eigenvalue weighted by Crippen LogP contribution is -2.37. The molecule has 164 valence electrons. The summed E-state index contributed by atoms with van der Waals surface area (Å²) < 4.78 is 10.6. The van der Waals surface area contributed by atoms with E-state index >= 15 is 0 Å². The Hall–Kier alpha value is -2.94. The summed E-state index contributed by atoms with van der Waals surface area (Å²) in [6, 6.07) is 3.27. The van der Waals surface area contributed by atoms with Gasteiger partial charge in [0.1, 0.15) is 5.82 Å². The van der Waals surface area contributed by atoms with E-state index in [0.29, 0.717) is 40.5 Å². The summed E-state index contributed by atoms with van der Waals surface area (Å²) in [6.07, 6.45) is 2.86. The first-order chi connectivity index (χ1) is 14.7. The number of hydrogen-bond donors (Lipinski definition) is 3. The van der Waals surface area contributed by atoms with Crippen LogP contribution in [0.3, 0.4) is 0 Å². The highest BCUT2D eigenvalue weighted by Crippen LogP contribution is 2.50. The van der Waals surface area contributed by atoms with E-state index < -0.39 is 5.92 Å². The van der Waals surface area contributed by atoms with Crippen LogP contribution < -0.4 is 20.3 Å². The number of aromatic nitrogens is 2. The van der Waals surface area contributed by atoms with Gasteiger partial charge in [0.2, 0.25) is 5.75 Å². The van der Waals surface area contributed by atoms with Crippen LogP contribution in [0.15, 0.2) is 33.4 Å². The Balaban J connectivity index is 2.02. The molecule has 4 rings (SSSR count). The van der Waals surface area contributed by atoms with Crippen molar-refractivity contribution in [2.75, 3.05) is 25.8 Å². The van der Waals surface area contributed by atoms with Crippen LogP contribution >= 0.6 is 11.8 Å². The quantitative estimate of drug-likeness (QED) is 0.487. The predicted octanol–water partition coefficient (Wildman–Crippen LogP) is 3.42. The number of carbonyl (C=O) groups is 1. The maximum atomic E-state index is 13.3. The average Bonchev–Trinajstić information content (AvgIpc) is 2.71. The fourth-order valence-electron chi connectivity index (χ4n) is 4.40. The van der Waals surface area contributed by atoms with Gasteiger partial charge < -0.3 is 24.9 Å². The van der Waals surface area contributed by atoms with E-state index in [2.05, 4.69) is 15.3 Å². The maximum absolute atomic E-state index is 13.3. The van der Waals surface area contributed by atoms with Crippen LogP contribution in [0.4, 0.5) is 5.82 Å². The van der Waals surface area contributed by atoms with Gasteiger partial charge in [-0.2, -0.15) is 0 Å². The number of phenols is 1. The second kappa shape index (κ2) is 7.64. The predicted molar refractivity (Wildman–Crippen MR) is 118 cm³/mol. The number of nitrogens with one attached hydrogen (secondary N) is 2. The third-order valence-electron chi connectivity index (χ3n) is 5.73. The Labute approximate surface area is 184 Å². The maximum Gasteiger partial charge on any atom is 0.257 e. The number of hydrogen-bond acceptors (Lipinski definition) is 8. The van der Waals surface area contributed by atoms with E-state index in [-0.39, 0.29) is 34.0 Å². The van der Waals surface area contributed by atoms with Crippen molar-refractivity contribution in [3.8, 4) is 17.2 Å². The molecule has 1 atom stereocenters. The Morgan fingerprint density at radius 1 is 1.16 bits per heavy atom. The second-order valence-electron chi connectivity index (χ2n) is 8.50. The van der Waals surface area contributed by atoms with Gasteiger partial charge in [-0.1, -0.05) is 25.6 Å². The van der Waals surface area contributed by atoms with Crippen molar-refractivity contribution < 1.29 is 19.4 Å². The summed E-state index contributed by atoms with van der Waals surface area (Å²) in [5.74, 6) is 0.0149. The number of fused-ring (bicyclic) bond motifs is 1. The zero-order chi connectivity index (χ0) is 22.5. The van der Waals surface area contributed by atoms with Gasteiger partial charge in [0.25, 0.3) is 5.56 Å². The molecular weight excluding hydrogens is 418 g/mol. The summed E-state index contributed by atoms with van der Waals surface area (Å²) >= 11 is 1.33. The van der Waals surface area contributed by atoms with Crippen molar-refractivity contribution in [2.45, 2.75) is 37.8 Å². The van der Waals surface area contributed by atoms with Crippen LogP contribution in [0.1, 0.15) is 43.7 Å². The van der Waals surface area contributed by atoms with Crippen LogP contribution in [0.2, 0.25) is 0 Å². The molecule has 8 nitrogen and oxygen atoms in total. The minimum atomic E-state index is -0.662. The van der Waals surface area contributed by atoms with E-state index in [1.807, 2.05) is 20.1 Å². The SMILES string of the molecule is COc1cc(C2C3=C(CC(C)(C)CC3=O)Nc3nc(SC)[nH]c(=O)c32)cc(OC)c1O. The molecule has 9 heteroatoms. The third-order valence-corrected chi connectivity index (χ3v) is 6.31. The monoisotopic (exact) mass is 443 g/mol. The molecule has 1 aliphatic heterocycles. The van der Waals surface area contributed by atoms with E-state index in [1.54, 1.807) is 12.1 Å². The first-order valence-corrected chi connectivity index (χ1v) is 11.1. The second-order valence-corrected chi connectivity index (χ2v) is 9.30. The molecule has 0 saturated heterocycles. The zero-order valence-corrected chi connectivity index (χ0v) is 18.9. The lowest BCUT2D eigenvalue weighted by Gasteiger charge is -2.38. The van der Waals surface area contributed by atoms with Gasteiger partial charge >= 0.3 is 0 Å². The van der Waals surface area contributed by atoms with Crippen LogP contribution in [0, 0.1) is 5.41 Å². The molecule has 0 amide bonds. The number of nitrogens with zero attached hydrogens (tertiary/aromatic N) is 1. The molecule has 1 unspecified atom stereocenters. The summed E-state index contributed by atoms with van der Waals surface area (Å²) in [6.45, 7) is 4.10. The molecule has 2 aliphatic rings. The number of benzene rings is 1. The number of ketones is 1. The van der Waals surface area contributed by atoms with Gasteiger partial charge in [0, 0.05) is 23.6 Å². The number of methoxy groups -OCH3 is 2. The highest BCUT2D eigenvalue weighted by molar-refractivity contribution is 7.98. The Morgan fingerprint density at radius 3 is 2.39 bits per heavy atom. The third kappa shape index (κ3) is 3.56. The lowest BCUT2D eigenvalue weighted by atomic mass is 9.69. The van der Waals surface area contributed by atoms with E-state index in [0.717, 1.165) is 5.70 Å². The van der Waals surface area contributed by atoms with E-state index in [9.17, 15) is 14.7 Å². The molecule has 31 heavy (non-hydrogen) atoms. The van der Waals surface area contributed by atoms with Crippen LogP contribution in [-0.2, 0) is 4.79 Å². The number of Topliss-reactive ketones (excluding diaryl/α,β-unsaturated/α-hetero) is 1. The minimum Gasteiger partial charge on any atom is -0.502 e. The number of phenolic OH excluding ortho intramolecular Hbond substituents is 1. The molecule has 0 bridgehead atoms. The summed E-state index contributed by atoms with van der Waals surface area (Å²) in [7, 11) is 2.87. The number of aromatic hydroxyl groups is 1. The number of H-pyrrole nitrogens is 1. The molecular formula is C22H25N3O5S. The molecule has 0 fully saturated rings. The molecule has 0 spiro atoms. The van der Waals surface area contributed by atoms with Gasteiger partial charge in [-0.3, -0.25) is 9.59 Å². The average molecular weight is 444 g/mol. The van der Waals surface area contributed by atoms with E-state index in [4.69, 9.17) is 9.47 Å². The minimum absolute atomic E-state index is 0.0197.